The van der Waals surface area contributed by atoms with Crippen LogP contribution in [0.3, 0.4) is 0 Å². The second-order valence-electron chi connectivity index (χ2n) is 8.41. The molecule has 0 spiro atoms. The van der Waals surface area contributed by atoms with Gasteiger partial charge in [0.2, 0.25) is 0 Å². The molecule has 0 saturated carbocycles. The number of hydrogen-bond donors (Lipinski definition) is 1. The zero-order valence-corrected chi connectivity index (χ0v) is 19.4. The first-order chi connectivity index (χ1) is 16.4. The van der Waals surface area contributed by atoms with E-state index in [1.54, 1.807) is 30.3 Å². The standard InChI is InChI=1S/C26H29FN2O5/c1-3-34-21-9-6-19(16-17(21)2)24(30)22-23(18-4-7-20(27)8-5-18)29(26(32)25(22)31)11-10-28-12-14-33-15-13-28/h4-9,16,23,30H,3,10-15H2,1-2H3/t23-/m1/s1. The molecule has 7 nitrogen and oxygen atoms in total. The summed E-state index contributed by atoms with van der Waals surface area (Å²) in [6.07, 6.45) is 0. The summed E-state index contributed by atoms with van der Waals surface area (Å²) in [7, 11) is 0. The molecule has 2 aliphatic heterocycles. The molecule has 180 valence electrons. The number of hydrogen-bond acceptors (Lipinski definition) is 6. The smallest absolute Gasteiger partial charge is 0.295 e. The topological polar surface area (TPSA) is 79.3 Å². The Balaban J connectivity index is 1.73. The number of aliphatic hydroxyl groups is 1. The molecule has 1 atom stereocenters. The van der Waals surface area contributed by atoms with E-state index >= 15 is 0 Å². The molecular formula is C26H29FN2O5. The summed E-state index contributed by atoms with van der Waals surface area (Å²) in [6.45, 7) is 7.84. The van der Waals surface area contributed by atoms with Gasteiger partial charge in [-0.25, -0.2) is 4.39 Å². The molecular weight excluding hydrogens is 439 g/mol. The van der Waals surface area contributed by atoms with Gasteiger partial charge in [-0.2, -0.15) is 0 Å². The first-order valence-corrected chi connectivity index (χ1v) is 11.5. The lowest BCUT2D eigenvalue weighted by molar-refractivity contribution is -0.140. The number of Topliss-reactive ketones (excluding diaryl/α,β-unsaturated/α-hetero) is 1. The van der Waals surface area contributed by atoms with Crippen LogP contribution < -0.4 is 4.74 Å². The van der Waals surface area contributed by atoms with Crippen LogP contribution in [-0.2, 0) is 14.3 Å². The highest BCUT2D eigenvalue weighted by Crippen LogP contribution is 2.39. The van der Waals surface area contributed by atoms with Crippen molar-refractivity contribution in [3.8, 4) is 5.75 Å². The summed E-state index contributed by atoms with van der Waals surface area (Å²) in [6, 6.07) is 9.98. The van der Waals surface area contributed by atoms with E-state index in [-0.39, 0.29) is 11.3 Å². The number of benzene rings is 2. The molecule has 4 rings (SSSR count). The zero-order valence-electron chi connectivity index (χ0n) is 19.4. The van der Waals surface area contributed by atoms with E-state index < -0.39 is 23.5 Å². The number of aliphatic hydroxyl groups excluding tert-OH is 1. The largest absolute Gasteiger partial charge is 0.507 e. The normalized spacial score (nSPS) is 20.7. The molecule has 0 aromatic heterocycles. The van der Waals surface area contributed by atoms with Crippen molar-refractivity contribution in [3.63, 3.8) is 0 Å². The van der Waals surface area contributed by atoms with Crippen LogP contribution in [0.4, 0.5) is 4.39 Å². The SMILES string of the molecule is CCOc1ccc(C(O)=C2C(=O)C(=O)N(CCN3CCOCC3)[C@@H]2c2ccc(F)cc2)cc1C. The van der Waals surface area contributed by atoms with Crippen LogP contribution in [0.25, 0.3) is 5.76 Å². The Morgan fingerprint density at radius 3 is 2.47 bits per heavy atom. The first-order valence-electron chi connectivity index (χ1n) is 11.5. The molecule has 2 heterocycles. The summed E-state index contributed by atoms with van der Waals surface area (Å²) < 4.78 is 24.6. The molecule has 0 bridgehead atoms. The molecule has 2 aliphatic rings. The minimum absolute atomic E-state index is 0.00199. The minimum atomic E-state index is -0.812. The van der Waals surface area contributed by atoms with E-state index in [0.717, 1.165) is 18.7 Å². The molecule has 2 aromatic rings. The number of amides is 1. The molecule has 1 N–H and O–H groups in total. The van der Waals surface area contributed by atoms with Crippen molar-refractivity contribution >= 4 is 17.4 Å². The predicted molar refractivity (Wildman–Crippen MR) is 125 cm³/mol. The highest BCUT2D eigenvalue weighted by molar-refractivity contribution is 6.46. The number of carbonyl (C=O) groups excluding carboxylic acids is 2. The summed E-state index contributed by atoms with van der Waals surface area (Å²) in [4.78, 5) is 29.9. The van der Waals surface area contributed by atoms with Crippen molar-refractivity contribution in [1.29, 1.82) is 0 Å². The van der Waals surface area contributed by atoms with Crippen LogP contribution in [0, 0.1) is 12.7 Å². The van der Waals surface area contributed by atoms with E-state index in [4.69, 9.17) is 9.47 Å². The maximum atomic E-state index is 13.6. The highest BCUT2D eigenvalue weighted by atomic mass is 19.1. The van der Waals surface area contributed by atoms with Gasteiger partial charge >= 0.3 is 0 Å². The lowest BCUT2D eigenvalue weighted by Gasteiger charge is -2.31. The number of ether oxygens (including phenoxy) is 2. The number of aryl methyl sites for hydroxylation is 1. The van der Waals surface area contributed by atoms with E-state index in [9.17, 15) is 19.1 Å². The number of nitrogens with zero attached hydrogens (tertiary/aromatic N) is 2. The summed E-state index contributed by atoms with van der Waals surface area (Å²) >= 11 is 0. The lowest BCUT2D eigenvalue weighted by Crippen LogP contribution is -2.42. The maximum Gasteiger partial charge on any atom is 0.295 e. The Labute approximate surface area is 198 Å². The monoisotopic (exact) mass is 468 g/mol. The van der Waals surface area contributed by atoms with Gasteiger partial charge in [0.1, 0.15) is 17.3 Å². The number of halogens is 1. The lowest BCUT2D eigenvalue weighted by atomic mass is 9.94. The van der Waals surface area contributed by atoms with Crippen molar-refractivity contribution in [3.05, 3.63) is 70.5 Å². The first kappa shape index (κ1) is 23.9. The van der Waals surface area contributed by atoms with Crippen molar-refractivity contribution in [2.45, 2.75) is 19.9 Å². The van der Waals surface area contributed by atoms with E-state index in [1.807, 2.05) is 13.8 Å². The molecule has 8 heteroatoms. The predicted octanol–water partition coefficient (Wildman–Crippen LogP) is 3.29. The fraction of sp³-hybridized carbons (Fsp3) is 0.385. The molecule has 1 amide bonds. The summed E-state index contributed by atoms with van der Waals surface area (Å²) in [5.41, 5.74) is 1.78. The highest BCUT2D eigenvalue weighted by Gasteiger charge is 2.46. The van der Waals surface area contributed by atoms with Gasteiger partial charge in [-0.15, -0.1) is 0 Å². The fourth-order valence-electron chi connectivity index (χ4n) is 4.45. The van der Waals surface area contributed by atoms with Crippen molar-refractivity contribution in [2.24, 2.45) is 0 Å². The number of carbonyl (C=O) groups is 2. The second-order valence-corrected chi connectivity index (χ2v) is 8.41. The number of likely N-dealkylation sites (tertiary alicyclic amines) is 1. The molecule has 0 unspecified atom stereocenters. The zero-order chi connectivity index (χ0) is 24.2. The number of rotatable bonds is 7. The van der Waals surface area contributed by atoms with Gasteiger partial charge in [0.15, 0.2) is 0 Å². The minimum Gasteiger partial charge on any atom is -0.507 e. The Bertz CT molecular complexity index is 1090. The van der Waals surface area contributed by atoms with Crippen molar-refractivity contribution in [1.82, 2.24) is 9.80 Å². The van der Waals surface area contributed by atoms with Crippen LogP contribution in [0.5, 0.6) is 5.75 Å². The fourth-order valence-corrected chi connectivity index (χ4v) is 4.45. The summed E-state index contributed by atoms with van der Waals surface area (Å²) in [5.74, 6) is -1.42. The van der Waals surface area contributed by atoms with Crippen LogP contribution in [0.1, 0.15) is 29.7 Å². The Morgan fingerprint density at radius 2 is 1.82 bits per heavy atom. The molecule has 34 heavy (non-hydrogen) atoms. The van der Waals surface area contributed by atoms with Gasteiger partial charge in [0.05, 0.1) is 31.4 Å². The molecule has 2 saturated heterocycles. The maximum absolute atomic E-state index is 13.6. The van der Waals surface area contributed by atoms with Gasteiger partial charge in [-0.3, -0.25) is 14.5 Å². The third-order valence-corrected chi connectivity index (χ3v) is 6.23. The van der Waals surface area contributed by atoms with Crippen LogP contribution in [0.15, 0.2) is 48.0 Å². The quantitative estimate of drug-likeness (QED) is 0.382. The van der Waals surface area contributed by atoms with E-state index in [0.29, 0.717) is 49.8 Å². The molecule has 0 radical (unpaired) electrons. The van der Waals surface area contributed by atoms with Gasteiger partial charge in [0, 0.05) is 31.7 Å². The van der Waals surface area contributed by atoms with Crippen LogP contribution in [0.2, 0.25) is 0 Å². The van der Waals surface area contributed by atoms with Crippen LogP contribution >= 0.6 is 0 Å². The Kier molecular flexibility index (Phi) is 7.29. The molecule has 0 aliphatic carbocycles. The molecule has 2 aromatic carbocycles. The Morgan fingerprint density at radius 1 is 1.12 bits per heavy atom. The van der Waals surface area contributed by atoms with Gasteiger partial charge < -0.3 is 19.5 Å². The van der Waals surface area contributed by atoms with Gasteiger partial charge in [-0.1, -0.05) is 12.1 Å². The molecule has 2 fully saturated rings. The number of morpholine rings is 1. The van der Waals surface area contributed by atoms with Crippen LogP contribution in [-0.4, -0.2) is 72.6 Å². The third kappa shape index (κ3) is 4.83. The third-order valence-electron chi connectivity index (χ3n) is 6.23. The summed E-state index contributed by atoms with van der Waals surface area (Å²) in [5, 5.41) is 11.2. The van der Waals surface area contributed by atoms with Gasteiger partial charge in [-0.05, 0) is 55.3 Å². The van der Waals surface area contributed by atoms with Gasteiger partial charge in [0.25, 0.3) is 11.7 Å². The van der Waals surface area contributed by atoms with E-state index in [2.05, 4.69) is 4.90 Å². The average Bonchev–Trinajstić information content (AvgIpc) is 3.09. The number of ketones is 1. The van der Waals surface area contributed by atoms with Crippen molar-refractivity contribution in [2.75, 3.05) is 46.0 Å². The average molecular weight is 469 g/mol. The van der Waals surface area contributed by atoms with Crippen molar-refractivity contribution < 1.29 is 28.6 Å². The second kappa shape index (κ2) is 10.4. The van der Waals surface area contributed by atoms with E-state index in [1.165, 1.54) is 17.0 Å². The Hall–Kier alpha value is -3.23.